The normalized spacial score (nSPS) is 10.0. The molecular weight excluding hydrogens is 258 g/mol. The summed E-state index contributed by atoms with van der Waals surface area (Å²) in [7, 11) is 0. The average Bonchev–Trinajstić information content (AvgIpc) is 2.38. The molecule has 96 valence electrons. The Kier molecular flexibility index (Phi) is 4.09. The van der Waals surface area contributed by atoms with Gasteiger partial charge in [0.15, 0.2) is 0 Å². The quantitative estimate of drug-likeness (QED) is 0.758. The standard InChI is InChI=1S/C16H14ClNO/c1-11-5-12(2)7-15(6-11)19-16-4-3-13(9-17)8-14(16)10-18/h3-8H,9H2,1-2H3. The van der Waals surface area contributed by atoms with E-state index in [2.05, 4.69) is 12.1 Å². The van der Waals surface area contributed by atoms with Gasteiger partial charge >= 0.3 is 0 Å². The number of ether oxygens (including phenoxy) is 1. The predicted molar refractivity (Wildman–Crippen MR) is 76.7 cm³/mol. The summed E-state index contributed by atoms with van der Waals surface area (Å²) in [5.41, 5.74) is 3.67. The number of benzene rings is 2. The van der Waals surface area contributed by atoms with E-state index in [-0.39, 0.29) is 0 Å². The highest BCUT2D eigenvalue weighted by atomic mass is 35.5. The van der Waals surface area contributed by atoms with Gasteiger partial charge in [-0.15, -0.1) is 11.6 Å². The van der Waals surface area contributed by atoms with Crippen LogP contribution in [0.4, 0.5) is 0 Å². The Morgan fingerprint density at radius 1 is 1.11 bits per heavy atom. The second kappa shape index (κ2) is 5.77. The molecular formula is C16H14ClNO. The zero-order valence-electron chi connectivity index (χ0n) is 10.9. The second-order valence-corrected chi connectivity index (χ2v) is 4.77. The maximum atomic E-state index is 9.15. The molecule has 0 unspecified atom stereocenters. The van der Waals surface area contributed by atoms with Crippen molar-refractivity contribution in [2.24, 2.45) is 0 Å². The van der Waals surface area contributed by atoms with Gasteiger partial charge in [0, 0.05) is 5.88 Å². The fraction of sp³-hybridized carbons (Fsp3) is 0.188. The van der Waals surface area contributed by atoms with E-state index in [0.29, 0.717) is 17.2 Å². The Hall–Kier alpha value is -1.98. The molecule has 0 aromatic heterocycles. The first-order chi connectivity index (χ1) is 9.12. The van der Waals surface area contributed by atoms with E-state index in [9.17, 15) is 0 Å². The van der Waals surface area contributed by atoms with Crippen LogP contribution in [0.15, 0.2) is 36.4 Å². The molecule has 0 saturated heterocycles. The molecule has 0 spiro atoms. The molecule has 19 heavy (non-hydrogen) atoms. The SMILES string of the molecule is Cc1cc(C)cc(Oc2ccc(CCl)cc2C#N)c1. The molecule has 2 aromatic rings. The first kappa shape index (κ1) is 13.5. The molecule has 0 bridgehead atoms. The Morgan fingerprint density at radius 3 is 2.37 bits per heavy atom. The number of nitriles is 1. The summed E-state index contributed by atoms with van der Waals surface area (Å²) in [5.74, 6) is 1.69. The average molecular weight is 272 g/mol. The van der Waals surface area contributed by atoms with E-state index in [4.69, 9.17) is 21.6 Å². The van der Waals surface area contributed by atoms with Crippen molar-refractivity contribution in [1.29, 1.82) is 5.26 Å². The highest BCUT2D eigenvalue weighted by Crippen LogP contribution is 2.27. The molecule has 0 N–H and O–H groups in total. The van der Waals surface area contributed by atoms with Crippen molar-refractivity contribution in [3.63, 3.8) is 0 Å². The predicted octanol–water partition coefficient (Wildman–Crippen LogP) is 4.71. The van der Waals surface area contributed by atoms with Crippen LogP contribution in [-0.2, 0) is 5.88 Å². The minimum Gasteiger partial charge on any atom is -0.456 e. The Balaban J connectivity index is 2.35. The molecule has 0 radical (unpaired) electrons. The number of alkyl halides is 1. The molecule has 0 saturated carbocycles. The summed E-state index contributed by atoms with van der Waals surface area (Å²) >= 11 is 5.76. The first-order valence-corrected chi connectivity index (χ1v) is 6.51. The molecule has 0 amide bonds. The van der Waals surface area contributed by atoms with E-state index < -0.39 is 0 Å². The third-order valence-electron chi connectivity index (χ3n) is 2.74. The summed E-state index contributed by atoms with van der Waals surface area (Å²) in [5, 5.41) is 9.15. The van der Waals surface area contributed by atoms with E-state index in [1.54, 1.807) is 12.1 Å². The van der Waals surface area contributed by atoms with Gasteiger partial charge in [0.05, 0.1) is 5.56 Å². The molecule has 0 aliphatic rings. The van der Waals surface area contributed by atoms with E-state index in [1.165, 1.54) is 0 Å². The number of aryl methyl sites for hydroxylation is 2. The number of hydrogen-bond acceptors (Lipinski definition) is 2. The van der Waals surface area contributed by atoms with Gasteiger partial charge in [0.1, 0.15) is 17.6 Å². The van der Waals surface area contributed by atoms with E-state index >= 15 is 0 Å². The monoisotopic (exact) mass is 271 g/mol. The van der Waals surface area contributed by atoms with Crippen molar-refractivity contribution < 1.29 is 4.74 Å². The number of rotatable bonds is 3. The number of nitrogens with zero attached hydrogens (tertiary/aromatic N) is 1. The van der Waals surface area contributed by atoms with Crippen LogP contribution in [0, 0.1) is 25.2 Å². The van der Waals surface area contributed by atoms with Gasteiger partial charge in [-0.3, -0.25) is 0 Å². The smallest absolute Gasteiger partial charge is 0.145 e. The lowest BCUT2D eigenvalue weighted by atomic mass is 10.1. The highest BCUT2D eigenvalue weighted by Gasteiger charge is 2.06. The largest absolute Gasteiger partial charge is 0.456 e. The van der Waals surface area contributed by atoms with Gasteiger partial charge in [-0.25, -0.2) is 0 Å². The summed E-state index contributed by atoms with van der Waals surface area (Å²) in [4.78, 5) is 0. The van der Waals surface area contributed by atoms with Crippen LogP contribution in [-0.4, -0.2) is 0 Å². The fourth-order valence-electron chi connectivity index (χ4n) is 1.96. The van der Waals surface area contributed by atoms with Gasteiger partial charge in [-0.05, 0) is 54.8 Å². The van der Waals surface area contributed by atoms with Crippen molar-refractivity contribution in [2.45, 2.75) is 19.7 Å². The van der Waals surface area contributed by atoms with Crippen molar-refractivity contribution in [1.82, 2.24) is 0 Å². The van der Waals surface area contributed by atoms with Crippen molar-refractivity contribution >= 4 is 11.6 Å². The Bertz CT molecular complexity index is 623. The summed E-state index contributed by atoms with van der Waals surface area (Å²) in [6.45, 7) is 4.03. The fourth-order valence-corrected chi connectivity index (χ4v) is 2.12. The lowest BCUT2D eigenvalue weighted by Gasteiger charge is -2.10. The van der Waals surface area contributed by atoms with E-state index in [1.807, 2.05) is 32.0 Å². The molecule has 0 atom stereocenters. The molecule has 0 aliphatic heterocycles. The highest BCUT2D eigenvalue weighted by molar-refractivity contribution is 6.17. The third kappa shape index (κ3) is 3.27. The molecule has 2 aromatic carbocycles. The molecule has 0 heterocycles. The number of halogens is 1. The van der Waals surface area contributed by atoms with Gasteiger partial charge in [0.25, 0.3) is 0 Å². The molecule has 0 aliphatic carbocycles. The maximum absolute atomic E-state index is 9.15. The minimum atomic E-state index is 0.387. The van der Waals surface area contributed by atoms with Crippen LogP contribution in [0.2, 0.25) is 0 Å². The van der Waals surface area contributed by atoms with Crippen LogP contribution in [0.25, 0.3) is 0 Å². The van der Waals surface area contributed by atoms with Gasteiger partial charge < -0.3 is 4.74 Å². The zero-order valence-corrected chi connectivity index (χ0v) is 11.7. The molecule has 2 rings (SSSR count). The summed E-state index contributed by atoms with van der Waals surface area (Å²) in [6, 6.07) is 13.5. The van der Waals surface area contributed by atoms with Crippen LogP contribution < -0.4 is 4.74 Å². The lowest BCUT2D eigenvalue weighted by Crippen LogP contribution is -1.91. The van der Waals surface area contributed by atoms with Crippen LogP contribution in [0.5, 0.6) is 11.5 Å². The number of hydrogen-bond donors (Lipinski definition) is 0. The Labute approximate surface area is 118 Å². The Morgan fingerprint density at radius 2 is 1.79 bits per heavy atom. The lowest BCUT2D eigenvalue weighted by molar-refractivity contribution is 0.480. The van der Waals surface area contributed by atoms with Crippen LogP contribution in [0.1, 0.15) is 22.3 Å². The van der Waals surface area contributed by atoms with Gasteiger partial charge in [-0.2, -0.15) is 5.26 Å². The molecule has 2 nitrogen and oxygen atoms in total. The zero-order chi connectivity index (χ0) is 13.8. The van der Waals surface area contributed by atoms with Gasteiger partial charge in [-0.1, -0.05) is 12.1 Å². The minimum absolute atomic E-state index is 0.387. The summed E-state index contributed by atoms with van der Waals surface area (Å²) < 4.78 is 5.80. The molecule has 3 heteroatoms. The topological polar surface area (TPSA) is 33.0 Å². The first-order valence-electron chi connectivity index (χ1n) is 5.97. The van der Waals surface area contributed by atoms with Crippen molar-refractivity contribution in [2.75, 3.05) is 0 Å². The van der Waals surface area contributed by atoms with Crippen molar-refractivity contribution in [3.8, 4) is 17.6 Å². The van der Waals surface area contributed by atoms with E-state index in [0.717, 1.165) is 22.4 Å². The maximum Gasteiger partial charge on any atom is 0.145 e. The van der Waals surface area contributed by atoms with Crippen LogP contribution >= 0.6 is 11.6 Å². The van der Waals surface area contributed by atoms with Crippen molar-refractivity contribution in [3.05, 3.63) is 58.7 Å². The summed E-state index contributed by atoms with van der Waals surface area (Å²) in [6.07, 6.45) is 0. The van der Waals surface area contributed by atoms with Crippen LogP contribution in [0.3, 0.4) is 0 Å². The third-order valence-corrected chi connectivity index (χ3v) is 3.05. The van der Waals surface area contributed by atoms with Gasteiger partial charge in [0.2, 0.25) is 0 Å². The second-order valence-electron chi connectivity index (χ2n) is 4.50. The molecule has 0 fully saturated rings.